The lowest BCUT2D eigenvalue weighted by molar-refractivity contribution is 0.596. The Balaban J connectivity index is 3.03. The van der Waals surface area contributed by atoms with E-state index in [0.717, 1.165) is 12.8 Å². The van der Waals surface area contributed by atoms with Crippen LogP contribution in [0.25, 0.3) is 0 Å². The fourth-order valence-corrected chi connectivity index (χ4v) is 2.89. The Morgan fingerprint density at radius 2 is 1.94 bits per heavy atom. The van der Waals surface area contributed by atoms with E-state index >= 15 is 0 Å². The van der Waals surface area contributed by atoms with Crippen LogP contribution in [0.15, 0.2) is 29.2 Å². The van der Waals surface area contributed by atoms with Gasteiger partial charge in [-0.1, -0.05) is 32.4 Å². The van der Waals surface area contributed by atoms with E-state index < -0.39 is 9.84 Å². The van der Waals surface area contributed by atoms with Gasteiger partial charge in [0.2, 0.25) is 0 Å². The summed E-state index contributed by atoms with van der Waals surface area (Å²) in [5.74, 6) is 0.104. The van der Waals surface area contributed by atoms with Gasteiger partial charge in [0.1, 0.15) is 0 Å². The van der Waals surface area contributed by atoms with Crippen LogP contribution in [0, 0.1) is 0 Å². The molecule has 0 saturated heterocycles. The molecule has 0 fully saturated rings. The van der Waals surface area contributed by atoms with Crippen molar-refractivity contribution in [1.82, 2.24) is 0 Å². The molecule has 5 heteroatoms. The molecule has 1 rings (SSSR count). The Bertz CT molecular complexity index is 472. The molecule has 0 spiro atoms. The minimum Gasteiger partial charge on any atom is -0.380 e. The van der Waals surface area contributed by atoms with Crippen molar-refractivity contribution in [2.45, 2.75) is 37.6 Å². The third kappa shape index (κ3) is 3.71. The second kappa shape index (κ2) is 6.75. The summed E-state index contributed by atoms with van der Waals surface area (Å²) >= 11 is 0. The van der Waals surface area contributed by atoms with Crippen LogP contribution in [0.1, 0.15) is 26.7 Å². The number of hydrogen-bond donors (Lipinski definition) is 2. The van der Waals surface area contributed by atoms with E-state index in [1.54, 1.807) is 25.1 Å². The zero-order valence-corrected chi connectivity index (χ0v) is 11.8. The summed E-state index contributed by atoms with van der Waals surface area (Å²) in [6.45, 7) is 4.23. The van der Waals surface area contributed by atoms with E-state index in [0.29, 0.717) is 17.1 Å². The van der Waals surface area contributed by atoms with E-state index in [1.165, 1.54) is 0 Å². The van der Waals surface area contributed by atoms with Gasteiger partial charge in [0.05, 0.1) is 16.3 Å². The fourth-order valence-electron chi connectivity index (χ4n) is 1.83. The van der Waals surface area contributed by atoms with Gasteiger partial charge < -0.3 is 11.1 Å². The number of benzene rings is 1. The average molecular weight is 270 g/mol. The molecule has 0 bridgehead atoms. The van der Waals surface area contributed by atoms with Crippen molar-refractivity contribution in [3.63, 3.8) is 0 Å². The Morgan fingerprint density at radius 1 is 1.28 bits per heavy atom. The topological polar surface area (TPSA) is 72.2 Å². The van der Waals surface area contributed by atoms with E-state index in [1.807, 2.05) is 6.07 Å². The number of anilines is 1. The quantitative estimate of drug-likeness (QED) is 0.795. The molecule has 18 heavy (non-hydrogen) atoms. The molecule has 0 aliphatic heterocycles. The lowest BCUT2D eigenvalue weighted by Crippen LogP contribution is -2.29. The van der Waals surface area contributed by atoms with Gasteiger partial charge in [-0.3, -0.25) is 0 Å². The number of nitrogens with two attached hydrogens (primary N) is 1. The zero-order valence-electron chi connectivity index (χ0n) is 11.0. The van der Waals surface area contributed by atoms with Crippen LogP contribution < -0.4 is 11.1 Å². The molecule has 0 amide bonds. The van der Waals surface area contributed by atoms with Gasteiger partial charge in [0.15, 0.2) is 9.84 Å². The van der Waals surface area contributed by atoms with Crippen molar-refractivity contribution < 1.29 is 8.42 Å². The summed E-state index contributed by atoms with van der Waals surface area (Å²) in [5, 5.41) is 3.23. The lowest BCUT2D eigenvalue weighted by Gasteiger charge is -2.19. The standard InChI is InChI=1S/C13H22N2O2S/c1-3-7-11(10-14)15-12-8-5-6-9-13(12)18(16,17)4-2/h5-6,8-9,11,15H,3-4,7,10,14H2,1-2H3. The number of para-hydroxylation sites is 1. The van der Waals surface area contributed by atoms with Gasteiger partial charge in [-0.2, -0.15) is 0 Å². The molecule has 1 aromatic rings. The Kier molecular flexibility index (Phi) is 5.62. The summed E-state index contributed by atoms with van der Waals surface area (Å²) in [6.07, 6.45) is 1.94. The average Bonchev–Trinajstić information content (AvgIpc) is 2.38. The van der Waals surface area contributed by atoms with E-state index in [4.69, 9.17) is 5.73 Å². The van der Waals surface area contributed by atoms with Crippen molar-refractivity contribution in [2.75, 3.05) is 17.6 Å². The number of sulfone groups is 1. The van der Waals surface area contributed by atoms with Crippen molar-refractivity contribution >= 4 is 15.5 Å². The highest BCUT2D eigenvalue weighted by Crippen LogP contribution is 2.23. The first-order valence-electron chi connectivity index (χ1n) is 6.33. The lowest BCUT2D eigenvalue weighted by atomic mass is 10.1. The summed E-state index contributed by atoms with van der Waals surface area (Å²) in [7, 11) is -3.20. The van der Waals surface area contributed by atoms with Crippen LogP contribution in [0.4, 0.5) is 5.69 Å². The molecule has 1 unspecified atom stereocenters. The van der Waals surface area contributed by atoms with Gasteiger partial charge in [0, 0.05) is 12.6 Å². The molecule has 0 aromatic heterocycles. The predicted octanol–water partition coefficient (Wildman–Crippen LogP) is 2.02. The molecule has 0 heterocycles. The minimum absolute atomic E-state index is 0.104. The first-order chi connectivity index (χ1) is 8.55. The number of nitrogens with one attached hydrogen (secondary N) is 1. The maximum atomic E-state index is 12.0. The third-order valence-corrected chi connectivity index (χ3v) is 4.67. The summed E-state index contributed by atoms with van der Waals surface area (Å²) in [4.78, 5) is 0.363. The zero-order chi connectivity index (χ0) is 13.6. The fraction of sp³-hybridized carbons (Fsp3) is 0.538. The first kappa shape index (κ1) is 15.0. The van der Waals surface area contributed by atoms with Crippen molar-refractivity contribution in [3.05, 3.63) is 24.3 Å². The monoisotopic (exact) mass is 270 g/mol. The Labute approximate surface area is 110 Å². The Morgan fingerprint density at radius 3 is 2.50 bits per heavy atom. The summed E-state index contributed by atoms with van der Waals surface area (Å²) in [5.41, 5.74) is 6.34. The predicted molar refractivity (Wildman–Crippen MR) is 75.5 cm³/mol. The van der Waals surface area contributed by atoms with Gasteiger partial charge in [-0.15, -0.1) is 0 Å². The highest BCUT2D eigenvalue weighted by Gasteiger charge is 2.17. The third-order valence-electron chi connectivity index (χ3n) is 2.88. The summed E-state index contributed by atoms with van der Waals surface area (Å²) in [6, 6.07) is 7.12. The molecule has 3 N–H and O–H groups in total. The normalized spacial score (nSPS) is 13.3. The maximum Gasteiger partial charge on any atom is 0.180 e. The van der Waals surface area contributed by atoms with Gasteiger partial charge in [0.25, 0.3) is 0 Å². The highest BCUT2D eigenvalue weighted by atomic mass is 32.2. The van der Waals surface area contributed by atoms with Crippen molar-refractivity contribution in [2.24, 2.45) is 5.73 Å². The molecule has 1 aromatic carbocycles. The van der Waals surface area contributed by atoms with E-state index in [2.05, 4.69) is 12.2 Å². The Hall–Kier alpha value is -1.07. The van der Waals surface area contributed by atoms with Crippen LogP contribution >= 0.6 is 0 Å². The first-order valence-corrected chi connectivity index (χ1v) is 7.98. The minimum atomic E-state index is -3.20. The summed E-state index contributed by atoms with van der Waals surface area (Å²) < 4.78 is 24.0. The largest absolute Gasteiger partial charge is 0.380 e. The molecule has 0 saturated carbocycles. The van der Waals surface area contributed by atoms with Crippen LogP contribution in [-0.2, 0) is 9.84 Å². The molecule has 0 radical (unpaired) electrons. The molecular formula is C13H22N2O2S. The van der Waals surface area contributed by atoms with Crippen LogP contribution in [0.2, 0.25) is 0 Å². The number of hydrogen-bond acceptors (Lipinski definition) is 4. The van der Waals surface area contributed by atoms with Crippen LogP contribution in [0.3, 0.4) is 0 Å². The van der Waals surface area contributed by atoms with Gasteiger partial charge >= 0.3 is 0 Å². The smallest absolute Gasteiger partial charge is 0.180 e. The molecule has 0 aliphatic carbocycles. The highest BCUT2D eigenvalue weighted by molar-refractivity contribution is 7.91. The van der Waals surface area contributed by atoms with E-state index in [-0.39, 0.29) is 11.8 Å². The van der Waals surface area contributed by atoms with Gasteiger partial charge in [-0.25, -0.2) is 8.42 Å². The van der Waals surface area contributed by atoms with E-state index in [9.17, 15) is 8.42 Å². The maximum absolute atomic E-state index is 12.0. The molecular weight excluding hydrogens is 248 g/mol. The second-order valence-electron chi connectivity index (χ2n) is 4.27. The second-order valence-corrected chi connectivity index (χ2v) is 6.51. The van der Waals surface area contributed by atoms with Crippen molar-refractivity contribution in [3.8, 4) is 0 Å². The number of rotatable bonds is 7. The van der Waals surface area contributed by atoms with Gasteiger partial charge in [-0.05, 0) is 18.6 Å². The van der Waals surface area contributed by atoms with Crippen LogP contribution in [-0.4, -0.2) is 26.8 Å². The molecule has 0 aliphatic rings. The molecule has 4 nitrogen and oxygen atoms in total. The molecule has 1 atom stereocenters. The van der Waals surface area contributed by atoms with Crippen molar-refractivity contribution in [1.29, 1.82) is 0 Å². The molecule has 102 valence electrons. The van der Waals surface area contributed by atoms with Crippen LogP contribution in [0.5, 0.6) is 0 Å². The SMILES string of the molecule is CCCC(CN)Nc1ccccc1S(=O)(=O)CC.